The number of aryl methyl sites for hydroxylation is 2. The first-order valence-corrected chi connectivity index (χ1v) is 4.66. The van der Waals surface area contributed by atoms with Crippen molar-refractivity contribution < 1.29 is 0 Å². The monoisotopic (exact) mass is 195 g/mol. The molecule has 0 fully saturated rings. The van der Waals surface area contributed by atoms with E-state index in [1.54, 1.807) is 4.68 Å². The molecule has 0 aliphatic carbocycles. The van der Waals surface area contributed by atoms with E-state index in [2.05, 4.69) is 15.4 Å². The van der Waals surface area contributed by atoms with Gasteiger partial charge in [-0.3, -0.25) is 4.68 Å². The number of nitrogens with two attached hydrogens (primary N) is 1. The molecule has 1 rings (SSSR count). The lowest BCUT2D eigenvalue weighted by molar-refractivity contribution is 0.756. The number of hydrogen-bond donors (Lipinski definition) is 2. The number of guanidine groups is 1. The molecule has 0 aliphatic heterocycles. The fourth-order valence-corrected chi connectivity index (χ4v) is 1.21. The lowest BCUT2D eigenvalue weighted by Gasteiger charge is -2.00. The van der Waals surface area contributed by atoms with Crippen LogP contribution in [0.1, 0.15) is 18.2 Å². The molecule has 1 aromatic heterocycles. The van der Waals surface area contributed by atoms with Gasteiger partial charge >= 0.3 is 0 Å². The van der Waals surface area contributed by atoms with Gasteiger partial charge in [-0.2, -0.15) is 5.10 Å². The van der Waals surface area contributed by atoms with Gasteiger partial charge in [-0.05, 0) is 13.8 Å². The first-order valence-electron chi connectivity index (χ1n) is 4.66. The summed E-state index contributed by atoms with van der Waals surface area (Å²) in [7, 11) is 1.90. The minimum Gasteiger partial charge on any atom is -0.370 e. The van der Waals surface area contributed by atoms with Crippen LogP contribution in [0.5, 0.6) is 0 Å². The first kappa shape index (κ1) is 10.6. The Morgan fingerprint density at radius 1 is 1.71 bits per heavy atom. The molecule has 5 heteroatoms. The van der Waals surface area contributed by atoms with Gasteiger partial charge in [0.15, 0.2) is 5.96 Å². The normalized spacial score (nSPS) is 11.8. The number of hydrogen-bond acceptors (Lipinski definition) is 2. The molecule has 0 aliphatic rings. The second kappa shape index (κ2) is 4.64. The highest BCUT2D eigenvalue weighted by atomic mass is 15.3. The van der Waals surface area contributed by atoms with Crippen molar-refractivity contribution in [2.75, 3.05) is 6.54 Å². The van der Waals surface area contributed by atoms with E-state index >= 15 is 0 Å². The minimum absolute atomic E-state index is 0.482. The summed E-state index contributed by atoms with van der Waals surface area (Å²) in [4.78, 5) is 4.19. The number of nitrogens with zero attached hydrogens (tertiary/aromatic N) is 3. The Morgan fingerprint density at radius 2 is 2.43 bits per heavy atom. The molecule has 0 saturated heterocycles. The Labute approximate surface area is 84.0 Å². The van der Waals surface area contributed by atoms with E-state index in [4.69, 9.17) is 5.73 Å². The summed E-state index contributed by atoms with van der Waals surface area (Å²) in [6, 6.07) is 0. The van der Waals surface area contributed by atoms with E-state index in [9.17, 15) is 0 Å². The molecule has 14 heavy (non-hydrogen) atoms. The summed E-state index contributed by atoms with van der Waals surface area (Å²) in [5.74, 6) is 0.482. The molecule has 0 saturated carbocycles. The van der Waals surface area contributed by atoms with Crippen molar-refractivity contribution in [2.24, 2.45) is 17.8 Å². The number of rotatable bonds is 3. The van der Waals surface area contributed by atoms with Crippen molar-refractivity contribution in [3.8, 4) is 0 Å². The maximum Gasteiger partial charge on any atom is 0.188 e. The van der Waals surface area contributed by atoms with Crippen LogP contribution in [-0.2, 0) is 13.6 Å². The van der Waals surface area contributed by atoms with Crippen molar-refractivity contribution in [1.29, 1.82) is 0 Å². The van der Waals surface area contributed by atoms with Crippen LogP contribution in [0.4, 0.5) is 0 Å². The Hall–Kier alpha value is -1.52. The molecular weight excluding hydrogens is 178 g/mol. The smallest absolute Gasteiger partial charge is 0.188 e. The van der Waals surface area contributed by atoms with E-state index in [1.165, 1.54) is 0 Å². The molecule has 5 nitrogen and oxygen atoms in total. The van der Waals surface area contributed by atoms with E-state index in [-0.39, 0.29) is 0 Å². The second-order valence-electron chi connectivity index (χ2n) is 3.15. The van der Waals surface area contributed by atoms with Gasteiger partial charge in [0.05, 0.1) is 12.2 Å². The Balaban J connectivity index is 2.61. The summed E-state index contributed by atoms with van der Waals surface area (Å²) in [6.07, 6.45) is 1.96. The molecular formula is C9H17N5. The van der Waals surface area contributed by atoms with Crippen molar-refractivity contribution in [2.45, 2.75) is 20.4 Å². The molecule has 0 radical (unpaired) electrons. The number of nitrogens with one attached hydrogen (secondary N) is 1. The Bertz CT molecular complexity index is 326. The van der Waals surface area contributed by atoms with E-state index in [0.717, 1.165) is 17.8 Å². The van der Waals surface area contributed by atoms with Crippen molar-refractivity contribution >= 4 is 5.96 Å². The average molecular weight is 195 g/mol. The largest absolute Gasteiger partial charge is 0.370 e. The lowest BCUT2D eigenvalue weighted by atomic mass is 10.3. The Morgan fingerprint density at radius 3 is 2.93 bits per heavy atom. The number of aliphatic imine (C=N–C) groups is 1. The van der Waals surface area contributed by atoms with Crippen molar-refractivity contribution in [3.63, 3.8) is 0 Å². The minimum atomic E-state index is 0.482. The highest BCUT2D eigenvalue weighted by molar-refractivity contribution is 5.77. The van der Waals surface area contributed by atoms with Crippen LogP contribution in [-0.4, -0.2) is 22.3 Å². The Kier molecular flexibility index (Phi) is 3.50. The van der Waals surface area contributed by atoms with E-state index < -0.39 is 0 Å². The van der Waals surface area contributed by atoms with Gasteiger partial charge in [0.25, 0.3) is 0 Å². The van der Waals surface area contributed by atoms with Crippen molar-refractivity contribution in [1.82, 2.24) is 15.1 Å². The molecule has 1 aromatic rings. The predicted octanol–water partition coefficient (Wildman–Crippen LogP) is 0.153. The zero-order chi connectivity index (χ0) is 10.6. The third-order valence-corrected chi connectivity index (χ3v) is 1.89. The highest BCUT2D eigenvalue weighted by Crippen LogP contribution is 2.05. The van der Waals surface area contributed by atoms with Gasteiger partial charge in [-0.1, -0.05) is 0 Å². The average Bonchev–Trinajstić information content (AvgIpc) is 2.42. The predicted molar refractivity (Wildman–Crippen MR) is 56.9 cm³/mol. The fraction of sp³-hybridized carbons (Fsp3) is 0.556. The molecule has 0 aromatic carbocycles. The van der Waals surface area contributed by atoms with Crippen LogP contribution in [0.25, 0.3) is 0 Å². The van der Waals surface area contributed by atoms with Gasteiger partial charge in [-0.25, -0.2) is 4.99 Å². The van der Waals surface area contributed by atoms with Crippen LogP contribution in [0.2, 0.25) is 0 Å². The molecule has 0 bridgehead atoms. The van der Waals surface area contributed by atoms with Crippen LogP contribution >= 0.6 is 0 Å². The van der Waals surface area contributed by atoms with Crippen LogP contribution in [0.15, 0.2) is 11.2 Å². The third kappa shape index (κ3) is 2.76. The van der Waals surface area contributed by atoms with Crippen LogP contribution in [0, 0.1) is 6.92 Å². The van der Waals surface area contributed by atoms with Gasteiger partial charge in [0.1, 0.15) is 0 Å². The van der Waals surface area contributed by atoms with E-state index in [0.29, 0.717) is 12.5 Å². The molecule has 0 spiro atoms. The SMILES string of the molecule is CCNC(N)=NCc1cn(C)nc1C. The van der Waals surface area contributed by atoms with Crippen LogP contribution in [0.3, 0.4) is 0 Å². The standard InChI is InChI=1S/C9H17N5/c1-4-11-9(10)12-5-8-6-14(3)13-7(8)2/h6H,4-5H2,1-3H3,(H3,10,11,12). The molecule has 0 unspecified atom stereocenters. The molecule has 0 atom stereocenters. The summed E-state index contributed by atoms with van der Waals surface area (Å²) in [6.45, 7) is 5.33. The molecule has 0 amide bonds. The summed E-state index contributed by atoms with van der Waals surface area (Å²) < 4.78 is 1.78. The summed E-state index contributed by atoms with van der Waals surface area (Å²) in [5.41, 5.74) is 7.71. The van der Waals surface area contributed by atoms with Crippen molar-refractivity contribution in [3.05, 3.63) is 17.5 Å². The zero-order valence-corrected chi connectivity index (χ0v) is 8.91. The maximum atomic E-state index is 5.60. The lowest BCUT2D eigenvalue weighted by Crippen LogP contribution is -2.31. The zero-order valence-electron chi connectivity index (χ0n) is 8.91. The second-order valence-corrected chi connectivity index (χ2v) is 3.15. The fourth-order valence-electron chi connectivity index (χ4n) is 1.21. The van der Waals surface area contributed by atoms with Gasteiger partial charge < -0.3 is 11.1 Å². The molecule has 1 heterocycles. The summed E-state index contributed by atoms with van der Waals surface area (Å²) in [5, 5.41) is 7.16. The van der Waals surface area contributed by atoms with Crippen LogP contribution < -0.4 is 11.1 Å². The summed E-state index contributed by atoms with van der Waals surface area (Å²) >= 11 is 0. The topological polar surface area (TPSA) is 68.2 Å². The number of aromatic nitrogens is 2. The maximum absolute atomic E-state index is 5.60. The molecule has 3 N–H and O–H groups in total. The third-order valence-electron chi connectivity index (χ3n) is 1.89. The van der Waals surface area contributed by atoms with E-state index in [1.807, 2.05) is 27.1 Å². The van der Waals surface area contributed by atoms with Gasteiger partial charge in [0, 0.05) is 25.4 Å². The molecule has 78 valence electrons. The van der Waals surface area contributed by atoms with Gasteiger partial charge in [0.2, 0.25) is 0 Å². The van der Waals surface area contributed by atoms with Gasteiger partial charge in [-0.15, -0.1) is 0 Å². The highest BCUT2D eigenvalue weighted by Gasteiger charge is 2.01. The first-order chi connectivity index (χ1) is 6.63. The quantitative estimate of drug-likeness (QED) is 0.533.